The molecule has 0 bridgehead atoms. The van der Waals surface area contributed by atoms with E-state index in [2.05, 4.69) is 62.8 Å². The van der Waals surface area contributed by atoms with E-state index in [4.69, 9.17) is 4.74 Å². The first-order valence-electron chi connectivity index (χ1n) is 5.21. The van der Waals surface area contributed by atoms with Gasteiger partial charge in [0.15, 0.2) is 0 Å². The van der Waals surface area contributed by atoms with E-state index >= 15 is 0 Å². The zero-order valence-corrected chi connectivity index (χ0v) is 12.5. The SMILES string of the molecule is Brc1ccc(COCCCCCI)cc1. The molecule has 0 radical (unpaired) electrons. The summed E-state index contributed by atoms with van der Waals surface area (Å²) < 4.78 is 7.96. The topological polar surface area (TPSA) is 9.23 Å². The molecule has 0 saturated heterocycles. The molecule has 0 amide bonds. The van der Waals surface area contributed by atoms with Crippen molar-refractivity contribution >= 4 is 38.5 Å². The third-order valence-corrected chi connectivity index (χ3v) is 3.40. The Morgan fingerprint density at radius 2 is 1.80 bits per heavy atom. The van der Waals surface area contributed by atoms with Gasteiger partial charge in [-0.25, -0.2) is 0 Å². The predicted molar refractivity (Wildman–Crippen MR) is 76.5 cm³/mol. The van der Waals surface area contributed by atoms with Crippen molar-refractivity contribution in [1.82, 2.24) is 0 Å². The van der Waals surface area contributed by atoms with Gasteiger partial charge in [-0.15, -0.1) is 0 Å². The summed E-state index contributed by atoms with van der Waals surface area (Å²) in [4.78, 5) is 0. The van der Waals surface area contributed by atoms with Crippen LogP contribution in [0.3, 0.4) is 0 Å². The van der Waals surface area contributed by atoms with Gasteiger partial charge in [-0.05, 0) is 35.0 Å². The van der Waals surface area contributed by atoms with Crippen LogP contribution in [0.15, 0.2) is 28.7 Å². The molecule has 0 aliphatic rings. The zero-order chi connectivity index (χ0) is 10.9. The largest absolute Gasteiger partial charge is 0.377 e. The number of benzene rings is 1. The second-order valence-corrected chi connectivity index (χ2v) is 5.42. The van der Waals surface area contributed by atoms with Gasteiger partial charge in [0.1, 0.15) is 0 Å². The Labute approximate surface area is 114 Å². The maximum atomic E-state index is 5.59. The molecule has 0 spiro atoms. The lowest BCUT2D eigenvalue weighted by molar-refractivity contribution is 0.117. The van der Waals surface area contributed by atoms with Crippen molar-refractivity contribution < 1.29 is 4.74 Å². The third-order valence-electron chi connectivity index (χ3n) is 2.10. The van der Waals surface area contributed by atoms with Crippen LogP contribution in [0.4, 0.5) is 0 Å². The maximum Gasteiger partial charge on any atom is 0.0716 e. The summed E-state index contributed by atoms with van der Waals surface area (Å²) in [7, 11) is 0. The summed E-state index contributed by atoms with van der Waals surface area (Å²) in [6.07, 6.45) is 3.77. The maximum absolute atomic E-state index is 5.59. The zero-order valence-electron chi connectivity index (χ0n) is 8.72. The Morgan fingerprint density at radius 3 is 2.47 bits per heavy atom. The van der Waals surface area contributed by atoms with Gasteiger partial charge in [-0.2, -0.15) is 0 Å². The highest BCUT2D eigenvalue weighted by Crippen LogP contribution is 2.11. The fraction of sp³-hybridized carbons (Fsp3) is 0.500. The van der Waals surface area contributed by atoms with Crippen LogP contribution in [-0.4, -0.2) is 11.0 Å². The molecule has 0 aliphatic carbocycles. The fourth-order valence-electron chi connectivity index (χ4n) is 1.25. The van der Waals surface area contributed by atoms with Gasteiger partial charge in [0.05, 0.1) is 6.61 Å². The molecule has 1 aromatic carbocycles. The molecule has 1 rings (SSSR count). The molecule has 0 fully saturated rings. The van der Waals surface area contributed by atoms with Crippen LogP contribution in [0.5, 0.6) is 0 Å². The number of hydrogen-bond donors (Lipinski definition) is 0. The van der Waals surface area contributed by atoms with Crippen molar-refractivity contribution in [3.63, 3.8) is 0 Å². The molecule has 0 heterocycles. The number of halogens is 2. The summed E-state index contributed by atoms with van der Waals surface area (Å²) >= 11 is 5.83. The fourth-order valence-corrected chi connectivity index (χ4v) is 2.05. The number of ether oxygens (including phenoxy) is 1. The van der Waals surface area contributed by atoms with E-state index in [0.29, 0.717) is 0 Å². The average Bonchev–Trinajstić information content (AvgIpc) is 2.26. The molecule has 0 aromatic heterocycles. The monoisotopic (exact) mass is 382 g/mol. The molecular weight excluding hydrogens is 367 g/mol. The van der Waals surface area contributed by atoms with Gasteiger partial charge in [-0.3, -0.25) is 0 Å². The van der Waals surface area contributed by atoms with Crippen molar-refractivity contribution in [2.24, 2.45) is 0 Å². The number of hydrogen-bond acceptors (Lipinski definition) is 1. The van der Waals surface area contributed by atoms with Crippen LogP contribution in [0.1, 0.15) is 24.8 Å². The Hall–Kier alpha value is 0.390. The van der Waals surface area contributed by atoms with Gasteiger partial charge in [0.2, 0.25) is 0 Å². The van der Waals surface area contributed by atoms with Crippen LogP contribution < -0.4 is 0 Å². The predicted octanol–water partition coefficient (Wildman–Crippen LogP) is 4.57. The van der Waals surface area contributed by atoms with E-state index in [1.54, 1.807) is 0 Å². The Balaban J connectivity index is 2.07. The average molecular weight is 383 g/mol. The quantitative estimate of drug-likeness (QED) is 0.381. The minimum absolute atomic E-state index is 0.734. The summed E-state index contributed by atoms with van der Waals surface area (Å²) in [5.41, 5.74) is 1.24. The molecule has 15 heavy (non-hydrogen) atoms. The van der Waals surface area contributed by atoms with Crippen LogP contribution >= 0.6 is 38.5 Å². The summed E-state index contributed by atoms with van der Waals surface area (Å²) in [6.45, 7) is 1.62. The van der Waals surface area contributed by atoms with Crippen LogP contribution in [0.2, 0.25) is 0 Å². The first kappa shape index (κ1) is 13.5. The van der Waals surface area contributed by atoms with Gasteiger partial charge in [0, 0.05) is 11.1 Å². The van der Waals surface area contributed by atoms with Crippen molar-refractivity contribution in [2.75, 3.05) is 11.0 Å². The van der Waals surface area contributed by atoms with E-state index in [1.807, 2.05) is 0 Å². The summed E-state index contributed by atoms with van der Waals surface area (Å²) in [6, 6.07) is 8.29. The van der Waals surface area contributed by atoms with Gasteiger partial charge < -0.3 is 4.74 Å². The number of rotatable bonds is 7. The second-order valence-electron chi connectivity index (χ2n) is 3.43. The molecule has 0 N–H and O–H groups in total. The minimum Gasteiger partial charge on any atom is -0.377 e. The Bertz CT molecular complexity index is 261. The van der Waals surface area contributed by atoms with E-state index in [9.17, 15) is 0 Å². The number of alkyl halides is 1. The molecule has 0 atom stereocenters. The highest BCUT2D eigenvalue weighted by molar-refractivity contribution is 14.1. The lowest BCUT2D eigenvalue weighted by Gasteiger charge is -2.04. The van der Waals surface area contributed by atoms with E-state index in [0.717, 1.165) is 17.7 Å². The Morgan fingerprint density at radius 1 is 1.07 bits per heavy atom. The first-order valence-corrected chi connectivity index (χ1v) is 7.53. The van der Waals surface area contributed by atoms with E-state index < -0.39 is 0 Å². The lowest BCUT2D eigenvalue weighted by Crippen LogP contribution is -1.95. The molecule has 0 aliphatic heterocycles. The third kappa shape index (κ3) is 6.53. The van der Waals surface area contributed by atoms with E-state index in [-0.39, 0.29) is 0 Å². The Kier molecular flexibility index (Phi) is 7.65. The van der Waals surface area contributed by atoms with Crippen molar-refractivity contribution in [3.05, 3.63) is 34.3 Å². The van der Waals surface area contributed by atoms with Crippen molar-refractivity contribution in [2.45, 2.75) is 25.9 Å². The smallest absolute Gasteiger partial charge is 0.0716 e. The molecule has 84 valence electrons. The molecule has 0 unspecified atom stereocenters. The molecular formula is C12H16BrIO. The van der Waals surface area contributed by atoms with Gasteiger partial charge >= 0.3 is 0 Å². The van der Waals surface area contributed by atoms with Crippen molar-refractivity contribution in [3.8, 4) is 0 Å². The second kappa shape index (κ2) is 8.53. The lowest BCUT2D eigenvalue weighted by atomic mass is 10.2. The van der Waals surface area contributed by atoms with Crippen molar-refractivity contribution in [1.29, 1.82) is 0 Å². The summed E-state index contributed by atoms with van der Waals surface area (Å²) in [5, 5.41) is 0. The van der Waals surface area contributed by atoms with Gasteiger partial charge in [0.25, 0.3) is 0 Å². The normalized spacial score (nSPS) is 10.5. The minimum atomic E-state index is 0.734. The standard InChI is InChI=1S/C12H16BrIO/c13-12-6-4-11(5-7-12)10-15-9-3-1-2-8-14/h4-7H,1-3,8-10H2. The number of unbranched alkanes of at least 4 members (excludes halogenated alkanes) is 2. The molecule has 3 heteroatoms. The van der Waals surface area contributed by atoms with Crippen LogP contribution in [0, 0.1) is 0 Å². The van der Waals surface area contributed by atoms with Crippen LogP contribution in [-0.2, 0) is 11.3 Å². The molecule has 1 aromatic rings. The van der Waals surface area contributed by atoms with E-state index in [1.165, 1.54) is 29.3 Å². The first-order chi connectivity index (χ1) is 7.33. The summed E-state index contributed by atoms with van der Waals surface area (Å²) in [5.74, 6) is 0. The molecule has 1 nitrogen and oxygen atoms in total. The highest BCUT2D eigenvalue weighted by Gasteiger charge is 1.93. The van der Waals surface area contributed by atoms with Crippen LogP contribution in [0.25, 0.3) is 0 Å². The van der Waals surface area contributed by atoms with Gasteiger partial charge in [-0.1, -0.05) is 57.1 Å². The highest BCUT2D eigenvalue weighted by atomic mass is 127. The molecule has 0 saturated carbocycles.